The quantitative estimate of drug-likeness (QED) is 0.482. The lowest BCUT2D eigenvalue weighted by Gasteiger charge is -2.13. The molecule has 0 aliphatic heterocycles. The van der Waals surface area contributed by atoms with Crippen molar-refractivity contribution in [3.05, 3.63) is 63.0 Å². The Labute approximate surface area is 148 Å². The van der Waals surface area contributed by atoms with Gasteiger partial charge in [-0.05, 0) is 44.2 Å². The van der Waals surface area contributed by atoms with Crippen molar-refractivity contribution in [1.82, 2.24) is 4.98 Å². The van der Waals surface area contributed by atoms with Crippen LogP contribution in [0.15, 0.2) is 41.2 Å². The molecule has 1 aromatic heterocycles. The minimum Gasteiger partial charge on any atom is -0.449 e. The van der Waals surface area contributed by atoms with Gasteiger partial charge in [-0.3, -0.25) is 14.4 Å². The molecule has 25 heavy (non-hydrogen) atoms. The molecule has 0 bridgehead atoms. The first-order chi connectivity index (χ1) is 11.8. The maximum Gasteiger partial charge on any atom is 0.339 e. The summed E-state index contributed by atoms with van der Waals surface area (Å²) in [7, 11) is 0. The number of nitrogens with one attached hydrogen (secondary N) is 2. The Morgan fingerprint density at radius 1 is 1.12 bits per heavy atom. The number of rotatable bonds is 5. The van der Waals surface area contributed by atoms with Crippen LogP contribution in [0.1, 0.15) is 34.6 Å². The number of Topliss-reactive ketones (excluding diaryl/α,β-unsaturated/α-hetero) is 1. The van der Waals surface area contributed by atoms with Crippen LogP contribution in [0.5, 0.6) is 0 Å². The maximum atomic E-state index is 12.1. The topological polar surface area (TPSA) is 105 Å². The summed E-state index contributed by atoms with van der Waals surface area (Å²) in [6.45, 7) is 2.84. The number of aromatic amines is 1. The van der Waals surface area contributed by atoms with E-state index in [9.17, 15) is 19.2 Å². The fourth-order valence-corrected chi connectivity index (χ4v) is 2.15. The van der Waals surface area contributed by atoms with Gasteiger partial charge >= 0.3 is 5.97 Å². The fraction of sp³-hybridized carbons (Fsp3) is 0.176. The predicted molar refractivity (Wildman–Crippen MR) is 92.0 cm³/mol. The fourth-order valence-electron chi connectivity index (χ4n) is 1.94. The van der Waals surface area contributed by atoms with E-state index in [1.807, 2.05) is 0 Å². The third-order valence-corrected chi connectivity index (χ3v) is 3.46. The molecule has 0 aliphatic rings. The number of aromatic nitrogens is 1. The Kier molecular flexibility index (Phi) is 5.71. The number of halogens is 1. The highest BCUT2D eigenvalue weighted by Crippen LogP contribution is 2.12. The first kappa shape index (κ1) is 18.4. The van der Waals surface area contributed by atoms with E-state index in [2.05, 4.69) is 10.3 Å². The average Bonchev–Trinajstić information content (AvgIpc) is 2.54. The summed E-state index contributed by atoms with van der Waals surface area (Å²) in [6, 6.07) is 8.55. The van der Waals surface area contributed by atoms with Crippen LogP contribution < -0.4 is 10.9 Å². The lowest BCUT2D eigenvalue weighted by Crippen LogP contribution is -2.30. The molecule has 1 aromatic carbocycles. The van der Waals surface area contributed by atoms with Crippen molar-refractivity contribution in [2.75, 3.05) is 5.32 Å². The smallest absolute Gasteiger partial charge is 0.339 e. The van der Waals surface area contributed by atoms with Gasteiger partial charge in [0, 0.05) is 17.3 Å². The van der Waals surface area contributed by atoms with E-state index >= 15 is 0 Å². The first-order valence-corrected chi connectivity index (χ1v) is 7.67. The molecule has 1 heterocycles. The van der Waals surface area contributed by atoms with E-state index < -0.39 is 23.5 Å². The molecular weight excluding hydrogens is 348 g/mol. The van der Waals surface area contributed by atoms with Gasteiger partial charge in [-0.15, -0.1) is 0 Å². The number of anilines is 1. The van der Waals surface area contributed by atoms with E-state index in [0.29, 0.717) is 11.3 Å². The zero-order valence-corrected chi connectivity index (χ0v) is 14.2. The van der Waals surface area contributed by atoms with E-state index in [1.165, 1.54) is 19.9 Å². The highest BCUT2D eigenvalue weighted by molar-refractivity contribution is 6.29. The van der Waals surface area contributed by atoms with Crippen LogP contribution in [-0.4, -0.2) is 28.7 Å². The third kappa shape index (κ3) is 5.02. The van der Waals surface area contributed by atoms with E-state index in [-0.39, 0.29) is 16.5 Å². The van der Waals surface area contributed by atoms with Gasteiger partial charge in [-0.2, -0.15) is 0 Å². The Bertz CT molecular complexity index is 873. The second-order valence-corrected chi connectivity index (χ2v) is 5.66. The minimum atomic E-state index is -1.10. The zero-order valence-electron chi connectivity index (χ0n) is 13.5. The molecule has 0 aliphatic carbocycles. The number of H-pyrrole nitrogens is 1. The molecule has 0 radical (unpaired) electrons. The molecule has 0 unspecified atom stereocenters. The molecule has 1 atom stereocenters. The van der Waals surface area contributed by atoms with Crippen molar-refractivity contribution < 1.29 is 19.1 Å². The van der Waals surface area contributed by atoms with E-state index in [0.717, 1.165) is 6.07 Å². The van der Waals surface area contributed by atoms with Gasteiger partial charge in [-0.1, -0.05) is 11.6 Å². The van der Waals surface area contributed by atoms with Crippen molar-refractivity contribution in [2.24, 2.45) is 0 Å². The molecule has 0 fully saturated rings. The number of carbonyl (C=O) groups excluding carboxylic acids is 3. The summed E-state index contributed by atoms with van der Waals surface area (Å²) in [5.41, 5.74) is 0.363. The summed E-state index contributed by atoms with van der Waals surface area (Å²) >= 11 is 5.67. The number of amides is 1. The lowest BCUT2D eigenvalue weighted by atomic mass is 10.1. The van der Waals surface area contributed by atoms with Crippen molar-refractivity contribution in [1.29, 1.82) is 0 Å². The summed E-state index contributed by atoms with van der Waals surface area (Å²) in [5, 5.41) is 2.55. The summed E-state index contributed by atoms with van der Waals surface area (Å²) in [5.74, 6) is -1.49. The molecule has 2 aromatic rings. The highest BCUT2D eigenvalue weighted by atomic mass is 35.5. The normalized spacial score (nSPS) is 11.5. The first-order valence-electron chi connectivity index (χ1n) is 7.29. The monoisotopic (exact) mass is 362 g/mol. The van der Waals surface area contributed by atoms with Crippen LogP contribution in [-0.2, 0) is 9.53 Å². The van der Waals surface area contributed by atoms with Gasteiger partial charge in [0.15, 0.2) is 11.9 Å². The zero-order chi connectivity index (χ0) is 18.6. The molecular formula is C17H15ClN2O5. The highest BCUT2D eigenvalue weighted by Gasteiger charge is 2.19. The van der Waals surface area contributed by atoms with Crippen LogP contribution in [0, 0.1) is 0 Å². The third-order valence-electron chi connectivity index (χ3n) is 3.26. The number of ketones is 1. The average molecular weight is 363 g/mol. The van der Waals surface area contributed by atoms with Crippen LogP contribution in [0.2, 0.25) is 5.15 Å². The molecule has 7 nitrogen and oxygen atoms in total. The van der Waals surface area contributed by atoms with E-state index in [1.54, 1.807) is 24.3 Å². The van der Waals surface area contributed by atoms with Crippen molar-refractivity contribution in [2.45, 2.75) is 20.0 Å². The molecule has 130 valence electrons. The van der Waals surface area contributed by atoms with Crippen molar-refractivity contribution in [3.8, 4) is 0 Å². The van der Waals surface area contributed by atoms with E-state index in [4.69, 9.17) is 16.3 Å². The molecule has 2 N–H and O–H groups in total. The second kappa shape index (κ2) is 7.76. The van der Waals surface area contributed by atoms with Gasteiger partial charge < -0.3 is 15.0 Å². The van der Waals surface area contributed by atoms with Crippen LogP contribution in [0.25, 0.3) is 0 Å². The Morgan fingerprint density at radius 3 is 2.32 bits per heavy atom. The molecule has 0 spiro atoms. The van der Waals surface area contributed by atoms with Crippen LogP contribution in [0.3, 0.4) is 0 Å². The van der Waals surface area contributed by atoms with Gasteiger partial charge in [0.1, 0.15) is 5.15 Å². The molecule has 0 saturated heterocycles. The Balaban J connectivity index is 2.00. The van der Waals surface area contributed by atoms with Gasteiger partial charge in [0.2, 0.25) is 5.56 Å². The molecule has 8 heteroatoms. The van der Waals surface area contributed by atoms with Crippen LogP contribution in [0.4, 0.5) is 5.69 Å². The Hall–Kier alpha value is -2.93. The van der Waals surface area contributed by atoms with Crippen LogP contribution >= 0.6 is 11.6 Å². The second-order valence-electron chi connectivity index (χ2n) is 5.25. The number of benzene rings is 1. The standard InChI is InChI=1S/C17H15ClN2O5/c1-9(21)11-3-5-13(6-4-11)19-16(23)10(2)25-17(24)12-7-14(18)20-15(22)8-12/h3-8,10H,1-2H3,(H,19,23)(H,20,22)/t10-/m1/s1. The molecule has 2 rings (SSSR count). The lowest BCUT2D eigenvalue weighted by molar-refractivity contribution is -0.123. The molecule has 1 amide bonds. The Morgan fingerprint density at radius 2 is 1.76 bits per heavy atom. The van der Waals surface area contributed by atoms with Gasteiger partial charge in [0.25, 0.3) is 5.91 Å². The van der Waals surface area contributed by atoms with Crippen molar-refractivity contribution >= 4 is 34.9 Å². The number of pyridine rings is 1. The largest absolute Gasteiger partial charge is 0.449 e. The number of hydrogen-bond donors (Lipinski definition) is 2. The number of carbonyl (C=O) groups is 3. The maximum absolute atomic E-state index is 12.1. The number of esters is 1. The SMILES string of the molecule is CC(=O)c1ccc(NC(=O)[C@@H](C)OC(=O)c2cc(Cl)[nH]c(=O)c2)cc1. The summed E-state index contributed by atoms with van der Waals surface area (Å²) in [6.07, 6.45) is -1.10. The predicted octanol–water partition coefficient (Wildman–Crippen LogP) is 2.41. The van der Waals surface area contributed by atoms with Crippen molar-refractivity contribution in [3.63, 3.8) is 0 Å². The number of ether oxygens (including phenoxy) is 1. The van der Waals surface area contributed by atoms with Gasteiger partial charge in [-0.25, -0.2) is 4.79 Å². The number of hydrogen-bond acceptors (Lipinski definition) is 5. The minimum absolute atomic E-state index is 0.0119. The van der Waals surface area contributed by atoms with Gasteiger partial charge in [0.05, 0.1) is 5.56 Å². The molecule has 0 saturated carbocycles. The summed E-state index contributed by atoms with van der Waals surface area (Å²) < 4.78 is 5.03. The summed E-state index contributed by atoms with van der Waals surface area (Å²) in [4.78, 5) is 48.9.